The third-order valence-corrected chi connectivity index (χ3v) is 2.85. The Morgan fingerprint density at radius 3 is 2.88 bits per heavy atom. The standard InChI is InChI=1S/C11H12ClN3O2/c1-2-7-3-4-8(12)10(13-7)15-6-5-9(16)14-11(15)17/h3-4H,2,5-6H2,1H3,(H,14,16,17). The average Bonchev–Trinajstić information content (AvgIpc) is 2.30. The highest BCUT2D eigenvalue weighted by Gasteiger charge is 2.26. The third kappa shape index (κ3) is 2.39. The Bertz CT molecular complexity index is 476. The van der Waals surface area contributed by atoms with Gasteiger partial charge in [-0.05, 0) is 18.6 Å². The summed E-state index contributed by atoms with van der Waals surface area (Å²) in [6, 6.07) is 3.06. The molecular formula is C11H12ClN3O2. The first-order chi connectivity index (χ1) is 8.11. The van der Waals surface area contributed by atoms with Crippen LogP contribution in [0.1, 0.15) is 19.0 Å². The van der Waals surface area contributed by atoms with E-state index < -0.39 is 6.03 Å². The summed E-state index contributed by atoms with van der Waals surface area (Å²) in [5, 5.41) is 2.65. The highest BCUT2D eigenvalue weighted by atomic mass is 35.5. The Labute approximate surface area is 104 Å². The molecule has 17 heavy (non-hydrogen) atoms. The fourth-order valence-electron chi connectivity index (χ4n) is 1.62. The molecule has 1 N–H and O–H groups in total. The minimum Gasteiger partial charge on any atom is -0.278 e. The molecule has 0 atom stereocenters. The molecule has 0 saturated carbocycles. The molecule has 1 saturated heterocycles. The van der Waals surface area contributed by atoms with Crippen molar-refractivity contribution in [3.8, 4) is 0 Å². The largest absolute Gasteiger partial charge is 0.329 e. The lowest BCUT2D eigenvalue weighted by Crippen LogP contribution is -2.50. The first kappa shape index (κ1) is 11.9. The summed E-state index contributed by atoms with van der Waals surface area (Å²) in [5.41, 5.74) is 0.856. The summed E-state index contributed by atoms with van der Waals surface area (Å²) in [4.78, 5) is 28.4. The zero-order valence-electron chi connectivity index (χ0n) is 9.36. The normalized spacial score (nSPS) is 16.0. The Kier molecular flexibility index (Phi) is 3.28. The van der Waals surface area contributed by atoms with Crippen molar-refractivity contribution in [2.75, 3.05) is 11.4 Å². The molecule has 1 aliphatic heterocycles. The number of hydrogen-bond acceptors (Lipinski definition) is 3. The van der Waals surface area contributed by atoms with Crippen molar-refractivity contribution in [2.45, 2.75) is 19.8 Å². The van der Waals surface area contributed by atoms with Gasteiger partial charge < -0.3 is 0 Å². The number of rotatable bonds is 2. The second-order valence-electron chi connectivity index (χ2n) is 3.72. The van der Waals surface area contributed by atoms with Crippen LogP contribution in [0.15, 0.2) is 12.1 Å². The van der Waals surface area contributed by atoms with Crippen LogP contribution in [0.25, 0.3) is 0 Å². The van der Waals surface area contributed by atoms with Crippen molar-refractivity contribution < 1.29 is 9.59 Å². The highest BCUT2D eigenvalue weighted by Crippen LogP contribution is 2.25. The van der Waals surface area contributed by atoms with Crippen molar-refractivity contribution in [3.63, 3.8) is 0 Å². The van der Waals surface area contributed by atoms with Gasteiger partial charge in [0, 0.05) is 18.7 Å². The molecule has 6 heteroatoms. The molecule has 2 rings (SSSR count). The topological polar surface area (TPSA) is 62.3 Å². The van der Waals surface area contributed by atoms with Gasteiger partial charge in [0.05, 0.1) is 5.02 Å². The second-order valence-corrected chi connectivity index (χ2v) is 4.12. The number of pyridine rings is 1. The number of carbonyl (C=O) groups excluding carboxylic acids is 2. The van der Waals surface area contributed by atoms with Gasteiger partial charge in [-0.15, -0.1) is 0 Å². The Balaban J connectivity index is 2.33. The lowest BCUT2D eigenvalue weighted by Gasteiger charge is -2.26. The van der Waals surface area contributed by atoms with Crippen molar-refractivity contribution in [2.24, 2.45) is 0 Å². The van der Waals surface area contributed by atoms with Gasteiger partial charge in [0.25, 0.3) is 0 Å². The van der Waals surface area contributed by atoms with Gasteiger partial charge in [-0.1, -0.05) is 18.5 Å². The zero-order valence-corrected chi connectivity index (χ0v) is 10.1. The molecule has 1 fully saturated rings. The molecule has 0 aliphatic carbocycles. The van der Waals surface area contributed by atoms with Gasteiger partial charge in [-0.2, -0.15) is 0 Å². The van der Waals surface area contributed by atoms with Crippen LogP contribution in [-0.4, -0.2) is 23.5 Å². The first-order valence-corrected chi connectivity index (χ1v) is 5.76. The van der Waals surface area contributed by atoms with Gasteiger partial charge in [0.15, 0.2) is 5.82 Å². The molecule has 1 aromatic rings. The molecule has 0 unspecified atom stereocenters. The van der Waals surface area contributed by atoms with E-state index in [1.807, 2.05) is 13.0 Å². The molecule has 0 radical (unpaired) electrons. The zero-order chi connectivity index (χ0) is 12.4. The number of amides is 3. The lowest BCUT2D eigenvalue weighted by atomic mass is 10.2. The number of aromatic nitrogens is 1. The molecule has 1 aromatic heterocycles. The van der Waals surface area contributed by atoms with E-state index >= 15 is 0 Å². The fourth-order valence-corrected chi connectivity index (χ4v) is 1.83. The van der Waals surface area contributed by atoms with E-state index in [0.29, 0.717) is 17.4 Å². The van der Waals surface area contributed by atoms with Gasteiger partial charge in [-0.25, -0.2) is 9.78 Å². The number of nitrogens with one attached hydrogen (secondary N) is 1. The van der Waals surface area contributed by atoms with E-state index in [9.17, 15) is 9.59 Å². The first-order valence-electron chi connectivity index (χ1n) is 5.38. The monoisotopic (exact) mass is 253 g/mol. The van der Waals surface area contributed by atoms with E-state index in [-0.39, 0.29) is 12.3 Å². The summed E-state index contributed by atoms with van der Waals surface area (Å²) in [6.07, 6.45) is 1.03. The average molecular weight is 254 g/mol. The SMILES string of the molecule is CCc1ccc(Cl)c(N2CCC(=O)NC2=O)n1. The van der Waals surface area contributed by atoms with E-state index in [2.05, 4.69) is 10.3 Å². The molecule has 5 nitrogen and oxygen atoms in total. The summed E-state index contributed by atoms with van der Waals surface area (Å²) in [6.45, 7) is 2.28. The predicted molar refractivity (Wildman–Crippen MR) is 64.1 cm³/mol. The Morgan fingerprint density at radius 2 is 2.24 bits per heavy atom. The van der Waals surface area contributed by atoms with Gasteiger partial charge in [-0.3, -0.25) is 15.0 Å². The number of aryl methyl sites for hydroxylation is 1. The molecule has 0 spiro atoms. The molecule has 1 aliphatic rings. The van der Waals surface area contributed by atoms with E-state index in [1.165, 1.54) is 4.90 Å². The number of nitrogens with zero attached hydrogens (tertiary/aromatic N) is 2. The van der Waals surface area contributed by atoms with Crippen LogP contribution >= 0.6 is 11.6 Å². The summed E-state index contributed by atoms with van der Waals surface area (Å²) < 4.78 is 0. The van der Waals surface area contributed by atoms with Crippen LogP contribution in [0.3, 0.4) is 0 Å². The Morgan fingerprint density at radius 1 is 1.47 bits per heavy atom. The van der Waals surface area contributed by atoms with Crippen molar-refractivity contribution in [1.29, 1.82) is 0 Å². The van der Waals surface area contributed by atoms with E-state index in [1.54, 1.807) is 6.07 Å². The van der Waals surface area contributed by atoms with Crippen LogP contribution < -0.4 is 10.2 Å². The van der Waals surface area contributed by atoms with Crippen molar-refractivity contribution in [3.05, 3.63) is 22.8 Å². The second kappa shape index (κ2) is 4.71. The molecule has 0 bridgehead atoms. The maximum Gasteiger partial charge on any atom is 0.329 e. The van der Waals surface area contributed by atoms with Crippen LogP contribution in [0.5, 0.6) is 0 Å². The van der Waals surface area contributed by atoms with Crippen LogP contribution in [-0.2, 0) is 11.2 Å². The maximum absolute atomic E-state index is 11.7. The number of carbonyl (C=O) groups is 2. The van der Waals surface area contributed by atoms with Crippen molar-refractivity contribution in [1.82, 2.24) is 10.3 Å². The smallest absolute Gasteiger partial charge is 0.278 e. The van der Waals surface area contributed by atoms with Gasteiger partial charge in [0.1, 0.15) is 0 Å². The van der Waals surface area contributed by atoms with Crippen LogP contribution in [0, 0.1) is 0 Å². The predicted octanol–water partition coefficient (Wildman–Crippen LogP) is 1.74. The number of imide groups is 1. The fraction of sp³-hybridized carbons (Fsp3) is 0.364. The van der Waals surface area contributed by atoms with E-state index in [0.717, 1.165) is 12.1 Å². The molecule has 0 aromatic carbocycles. The molecule has 3 amide bonds. The minimum absolute atomic E-state index is 0.264. The molecule has 2 heterocycles. The summed E-state index contributed by atoms with van der Waals surface area (Å²) in [5.74, 6) is 0.144. The number of urea groups is 1. The molecular weight excluding hydrogens is 242 g/mol. The third-order valence-electron chi connectivity index (χ3n) is 2.56. The quantitative estimate of drug-likeness (QED) is 0.873. The lowest BCUT2D eigenvalue weighted by molar-refractivity contribution is -0.120. The number of hydrogen-bond donors (Lipinski definition) is 1. The number of halogens is 1. The molecule has 90 valence electrons. The van der Waals surface area contributed by atoms with E-state index in [4.69, 9.17) is 11.6 Å². The summed E-state index contributed by atoms with van der Waals surface area (Å²) >= 11 is 6.02. The van der Waals surface area contributed by atoms with Crippen molar-refractivity contribution >= 4 is 29.4 Å². The number of anilines is 1. The maximum atomic E-state index is 11.7. The van der Waals surface area contributed by atoms with Crippen LogP contribution in [0.2, 0.25) is 5.02 Å². The van der Waals surface area contributed by atoms with Gasteiger partial charge in [0.2, 0.25) is 5.91 Å². The van der Waals surface area contributed by atoms with Gasteiger partial charge >= 0.3 is 6.03 Å². The Hall–Kier alpha value is -1.62. The minimum atomic E-state index is -0.469. The highest BCUT2D eigenvalue weighted by molar-refractivity contribution is 6.33. The summed E-state index contributed by atoms with van der Waals surface area (Å²) in [7, 11) is 0. The van der Waals surface area contributed by atoms with Crippen LogP contribution in [0.4, 0.5) is 10.6 Å².